The van der Waals surface area contributed by atoms with Crippen molar-refractivity contribution in [1.29, 1.82) is 0 Å². The lowest BCUT2D eigenvalue weighted by molar-refractivity contribution is 0.319. The Morgan fingerprint density at radius 2 is 1.90 bits per heavy atom. The van der Waals surface area contributed by atoms with Gasteiger partial charge in [-0.3, -0.25) is 0 Å². The van der Waals surface area contributed by atoms with E-state index in [-0.39, 0.29) is 0 Å². The van der Waals surface area contributed by atoms with Gasteiger partial charge in [-0.2, -0.15) is 0 Å². The van der Waals surface area contributed by atoms with Crippen LogP contribution in [0.3, 0.4) is 0 Å². The first-order valence-corrected chi connectivity index (χ1v) is 5.12. The summed E-state index contributed by atoms with van der Waals surface area (Å²) in [5, 5.41) is 3.60. The maximum atomic E-state index is 3.60. The van der Waals surface area contributed by atoms with E-state index in [0.717, 1.165) is 12.1 Å². The smallest absolute Gasteiger partial charge is 0.0244 e. The molecule has 0 saturated carbocycles. The zero-order chi connectivity index (χ0) is 6.97. The van der Waals surface area contributed by atoms with E-state index in [2.05, 4.69) is 15.9 Å². The number of nitrogens with zero attached hydrogens (tertiary/aromatic N) is 1. The van der Waals surface area contributed by atoms with Crippen LogP contribution in [0.2, 0.25) is 0 Å². The second kappa shape index (κ2) is 2.72. The molecule has 2 fully saturated rings. The molecule has 2 heterocycles. The average Bonchev–Trinajstić information content (AvgIpc) is 2.30. The van der Waals surface area contributed by atoms with Crippen molar-refractivity contribution in [3.63, 3.8) is 0 Å². The molecule has 0 aromatic rings. The highest BCUT2D eigenvalue weighted by atomic mass is 32.2. The fraction of sp³-hybridized carbons (Fsp3) is 1.00. The Morgan fingerprint density at radius 3 is 2.40 bits per heavy atom. The molecule has 0 aromatic carbocycles. The molecule has 0 aliphatic carbocycles. The highest BCUT2D eigenvalue weighted by molar-refractivity contribution is 7.96. The number of piperazine rings is 1. The first-order chi connectivity index (χ1) is 4.88. The van der Waals surface area contributed by atoms with Crippen LogP contribution < -0.4 is 5.32 Å². The zero-order valence-electron chi connectivity index (χ0n) is 6.34. The topological polar surface area (TPSA) is 15.3 Å². The summed E-state index contributed by atoms with van der Waals surface area (Å²) in [7, 11) is 0. The van der Waals surface area contributed by atoms with Gasteiger partial charge in [0, 0.05) is 25.2 Å². The first kappa shape index (κ1) is 6.95. The summed E-state index contributed by atoms with van der Waals surface area (Å²) in [5.41, 5.74) is 0. The molecule has 2 rings (SSSR count). The maximum absolute atomic E-state index is 3.60. The molecule has 58 valence electrons. The summed E-state index contributed by atoms with van der Waals surface area (Å²) in [6.07, 6.45) is 4.95. The maximum Gasteiger partial charge on any atom is 0.0244 e. The fourth-order valence-corrected chi connectivity index (χ4v) is 2.56. The van der Waals surface area contributed by atoms with Gasteiger partial charge in [-0.05, 0) is 19.1 Å². The second-order valence-electron chi connectivity index (χ2n) is 3.17. The van der Waals surface area contributed by atoms with Gasteiger partial charge in [0.1, 0.15) is 0 Å². The molecular weight excluding hydrogens is 144 g/mol. The van der Waals surface area contributed by atoms with Gasteiger partial charge in [-0.25, -0.2) is 4.31 Å². The molecule has 0 amide bonds. The predicted molar refractivity (Wildman–Crippen MR) is 45.0 cm³/mol. The van der Waals surface area contributed by atoms with Crippen molar-refractivity contribution >= 4 is 11.9 Å². The Kier molecular flexibility index (Phi) is 1.89. The largest absolute Gasteiger partial charge is 0.309 e. The summed E-state index contributed by atoms with van der Waals surface area (Å²) in [6.45, 7) is 2.50. The van der Waals surface area contributed by atoms with Crippen LogP contribution in [0, 0.1) is 0 Å². The lowest BCUT2D eigenvalue weighted by Gasteiger charge is -2.30. The summed E-state index contributed by atoms with van der Waals surface area (Å²) in [6, 6.07) is 1.59. The molecule has 10 heavy (non-hydrogen) atoms. The van der Waals surface area contributed by atoms with Gasteiger partial charge < -0.3 is 5.32 Å². The van der Waals surface area contributed by atoms with E-state index in [1.807, 2.05) is 11.9 Å². The van der Waals surface area contributed by atoms with Gasteiger partial charge in [0.25, 0.3) is 0 Å². The van der Waals surface area contributed by atoms with Crippen LogP contribution >= 0.6 is 11.9 Å². The molecule has 0 spiro atoms. The molecule has 2 unspecified atom stereocenters. The van der Waals surface area contributed by atoms with Gasteiger partial charge in [-0.15, -0.1) is 0 Å². The molecule has 2 atom stereocenters. The quantitative estimate of drug-likeness (QED) is 0.566. The number of nitrogens with one attached hydrogen (secondary N) is 1. The highest BCUT2D eigenvalue weighted by Crippen LogP contribution is 2.23. The van der Waals surface area contributed by atoms with Crippen molar-refractivity contribution in [1.82, 2.24) is 9.62 Å². The summed E-state index contributed by atoms with van der Waals surface area (Å²) in [5.74, 6) is 0. The Bertz CT molecular complexity index is 117. The molecule has 2 aliphatic heterocycles. The minimum Gasteiger partial charge on any atom is -0.309 e. The third kappa shape index (κ3) is 1.18. The van der Waals surface area contributed by atoms with Crippen LogP contribution in [0.4, 0.5) is 0 Å². The first-order valence-electron chi connectivity index (χ1n) is 3.93. The molecule has 2 aliphatic rings. The van der Waals surface area contributed by atoms with Crippen molar-refractivity contribution in [2.24, 2.45) is 0 Å². The fourth-order valence-electron chi connectivity index (χ4n) is 1.91. The van der Waals surface area contributed by atoms with Crippen molar-refractivity contribution < 1.29 is 0 Å². The second-order valence-corrected chi connectivity index (χ2v) is 4.05. The highest BCUT2D eigenvalue weighted by Gasteiger charge is 2.31. The van der Waals surface area contributed by atoms with Gasteiger partial charge in [0.05, 0.1) is 0 Å². The number of fused-ring (bicyclic) bond motifs is 2. The Labute approximate surface area is 66.5 Å². The molecule has 0 aromatic heterocycles. The van der Waals surface area contributed by atoms with E-state index in [9.17, 15) is 0 Å². The van der Waals surface area contributed by atoms with Crippen LogP contribution in [0.15, 0.2) is 0 Å². The SMILES string of the molecule is CSN1CC2CCC(C1)N2. The van der Waals surface area contributed by atoms with Gasteiger partial charge in [0.2, 0.25) is 0 Å². The molecule has 0 radical (unpaired) electrons. The molecule has 2 bridgehead atoms. The van der Waals surface area contributed by atoms with Crippen molar-refractivity contribution in [3.05, 3.63) is 0 Å². The molecule has 1 N–H and O–H groups in total. The van der Waals surface area contributed by atoms with Crippen molar-refractivity contribution in [3.8, 4) is 0 Å². The lowest BCUT2D eigenvalue weighted by atomic mass is 10.2. The predicted octanol–water partition coefficient (Wildman–Crippen LogP) is 0.701. The third-order valence-electron chi connectivity index (χ3n) is 2.44. The Balaban J connectivity index is 1.96. The van der Waals surface area contributed by atoms with Crippen LogP contribution in [-0.4, -0.2) is 35.7 Å². The third-order valence-corrected chi connectivity index (χ3v) is 3.26. The van der Waals surface area contributed by atoms with E-state index in [0.29, 0.717) is 0 Å². The van der Waals surface area contributed by atoms with Gasteiger partial charge in [0.15, 0.2) is 0 Å². The normalized spacial score (nSPS) is 40.5. The standard InChI is InChI=1S/C7H14N2S/c1-10-9-4-6-2-3-7(5-9)8-6/h6-8H,2-5H2,1H3. The van der Waals surface area contributed by atoms with E-state index in [1.54, 1.807) is 0 Å². The van der Waals surface area contributed by atoms with Crippen LogP contribution in [0.1, 0.15) is 12.8 Å². The Morgan fingerprint density at radius 1 is 1.30 bits per heavy atom. The van der Waals surface area contributed by atoms with E-state index < -0.39 is 0 Å². The van der Waals surface area contributed by atoms with E-state index in [1.165, 1.54) is 25.9 Å². The molecule has 2 nitrogen and oxygen atoms in total. The van der Waals surface area contributed by atoms with Crippen molar-refractivity contribution in [2.45, 2.75) is 24.9 Å². The number of rotatable bonds is 1. The number of hydrogen-bond acceptors (Lipinski definition) is 3. The molecule has 3 heteroatoms. The van der Waals surface area contributed by atoms with Crippen LogP contribution in [0.25, 0.3) is 0 Å². The summed E-state index contributed by atoms with van der Waals surface area (Å²) >= 11 is 1.89. The van der Waals surface area contributed by atoms with Crippen LogP contribution in [-0.2, 0) is 0 Å². The average molecular weight is 158 g/mol. The zero-order valence-corrected chi connectivity index (χ0v) is 7.16. The van der Waals surface area contributed by atoms with E-state index in [4.69, 9.17) is 0 Å². The Hall–Kier alpha value is 0.270. The molecule has 2 saturated heterocycles. The summed E-state index contributed by atoms with van der Waals surface area (Å²) < 4.78 is 2.47. The lowest BCUT2D eigenvalue weighted by Crippen LogP contribution is -2.48. The minimum atomic E-state index is 0.797. The molecular formula is C7H14N2S. The van der Waals surface area contributed by atoms with Gasteiger partial charge >= 0.3 is 0 Å². The van der Waals surface area contributed by atoms with Crippen LogP contribution in [0.5, 0.6) is 0 Å². The summed E-state index contributed by atoms with van der Waals surface area (Å²) in [4.78, 5) is 0. The van der Waals surface area contributed by atoms with Gasteiger partial charge in [-0.1, -0.05) is 11.9 Å². The monoisotopic (exact) mass is 158 g/mol. The minimum absolute atomic E-state index is 0.797. The van der Waals surface area contributed by atoms with E-state index >= 15 is 0 Å². The number of hydrogen-bond donors (Lipinski definition) is 1. The van der Waals surface area contributed by atoms with Crippen molar-refractivity contribution in [2.75, 3.05) is 19.3 Å².